The molecule has 0 spiro atoms. The molecular formula is C23H28N4O. The van der Waals surface area contributed by atoms with E-state index in [1.165, 1.54) is 24.8 Å². The van der Waals surface area contributed by atoms with Gasteiger partial charge in [0.2, 0.25) is 11.7 Å². The van der Waals surface area contributed by atoms with E-state index in [1.807, 2.05) is 24.3 Å². The maximum atomic E-state index is 5.66. The monoisotopic (exact) mass is 376 g/mol. The van der Waals surface area contributed by atoms with Gasteiger partial charge >= 0.3 is 0 Å². The van der Waals surface area contributed by atoms with Crippen LogP contribution in [-0.2, 0) is 13.0 Å². The van der Waals surface area contributed by atoms with Gasteiger partial charge < -0.3 is 10.3 Å². The lowest BCUT2D eigenvalue weighted by Crippen LogP contribution is -2.36. The second-order valence-electron chi connectivity index (χ2n) is 7.70. The van der Waals surface area contributed by atoms with Gasteiger partial charge in [-0.05, 0) is 56.3 Å². The summed E-state index contributed by atoms with van der Waals surface area (Å²) in [4.78, 5) is 7.10. The van der Waals surface area contributed by atoms with E-state index in [1.54, 1.807) is 0 Å². The minimum absolute atomic E-state index is 0.141. The number of hydrogen-bond acceptors (Lipinski definition) is 5. The molecule has 1 aliphatic heterocycles. The van der Waals surface area contributed by atoms with Crippen LogP contribution in [-0.4, -0.2) is 28.1 Å². The molecule has 0 bridgehead atoms. The molecule has 1 unspecified atom stereocenters. The number of aromatic nitrogens is 2. The van der Waals surface area contributed by atoms with Gasteiger partial charge in [0.25, 0.3) is 0 Å². The first kappa shape index (κ1) is 18.8. The average molecular weight is 377 g/mol. The lowest BCUT2D eigenvalue weighted by molar-refractivity contribution is 0.119. The van der Waals surface area contributed by atoms with Crippen LogP contribution in [0.1, 0.15) is 42.8 Å². The van der Waals surface area contributed by atoms with Crippen molar-refractivity contribution >= 4 is 0 Å². The highest BCUT2D eigenvalue weighted by Crippen LogP contribution is 2.28. The van der Waals surface area contributed by atoms with Crippen LogP contribution in [0, 0.1) is 5.92 Å². The van der Waals surface area contributed by atoms with Crippen molar-refractivity contribution in [3.63, 3.8) is 0 Å². The van der Waals surface area contributed by atoms with Gasteiger partial charge in [-0.1, -0.05) is 59.8 Å². The molecule has 1 saturated heterocycles. The van der Waals surface area contributed by atoms with Crippen molar-refractivity contribution in [3.8, 4) is 11.4 Å². The number of hydrogen-bond donors (Lipinski definition) is 1. The van der Waals surface area contributed by atoms with Gasteiger partial charge in [-0.2, -0.15) is 4.98 Å². The van der Waals surface area contributed by atoms with Crippen LogP contribution >= 0.6 is 0 Å². The van der Waals surface area contributed by atoms with Gasteiger partial charge in [-0.15, -0.1) is 0 Å². The highest BCUT2D eigenvalue weighted by Gasteiger charge is 2.27. The smallest absolute Gasteiger partial charge is 0.244 e. The SMILES string of the molecule is CC(c1nc(-c2ccc(CN)cc2)no1)N1CCC(Cc2ccccc2)CC1. The van der Waals surface area contributed by atoms with Gasteiger partial charge in [0, 0.05) is 12.1 Å². The summed E-state index contributed by atoms with van der Waals surface area (Å²) >= 11 is 0. The average Bonchev–Trinajstić information content (AvgIpc) is 3.25. The molecule has 5 nitrogen and oxygen atoms in total. The number of likely N-dealkylation sites (tertiary alicyclic amines) is 1. The van der Waals surface area contributed by atoms with Crippen molar-refractivity contribution in [1.29, 1.82) is 0 Å². The van der Waals surface area contributed by atoms with Crippen molar-refractivity contribution in [2.75, 3.05) is 13.1 Å². The molecule has 0 amide bonds. The van der Waals surface area contributed by atoms with Crippen LogP contribution in [0.5, 0.6) is 0 Å². The van der Waals surface area contributed by atoms with Crippen LogP contribution in [0.15, 0.2) is 59.1 Å². The molecule has 0 saturated carbocycles. The summed E-state index contributed by atoms with van der Waals surface area (Å²) < 4.78 is 5.59. The summed E-state index contributed by atoms with van der Waals surface area (Å²) in [6.07, 6.45) is 3.59. The fraction of sp³-hybridized carbons (Fsp3) is 0.391. The topological polar surface area (TPSA) is 68.2 Å². The number of piperidine rings is 1. The molecule has 3 aromatic rings. The van der Waals surface area contributed by atoms with E-state index in [0.29, 0.717) is 18.3 Å². The van der Waals surface area contributed by atoms with Gasteiger partial charge in [0.15, 0.2) is 0 Å². The largest absolute Gasteiger partial charge is 0.337 e. The predicted molar refractivity (Wildman–Crippen MR) is 110 cm³/mol. The van der Waals surface area contributed by atoms with Crippen molar-refractivity contribution < 1.29 is 4.52 Å². The van der Waals surface area contributed by atoms with Crippen molar-refractivity contribution in [2.45, 2.75) is 38.8 Å². The summed E-state index contributed by atoms with van der Waals surface area (Å²) in [6, 6.07) is 18.9. The third-order valence-electron chi connectivity index (χ3n) is 5.81. The fourth-order valence-corrected chi connectivity index (χ4v) is 3.96. The van der Waals surface area contributed by atoms with Crippen molar-refractivity contribution in [1.82, 2.24) is 15.0 Å². The second kappa shape index (κ2) is 8.67. The lowest BCUT2D eigenvalue weighted by atomic mass is 9.89. The highest BCUT2D eigenvalue weighted by molar-refractivity contribution is 5.54. The zero-order valence-electron chi connectivity index (χ0n) is 16.4. The molecule has 1 fully saturated rings. The van der Waals surface area contributed by atoms with Gasteiger partial charge in [0.05, 0.1) is 6.04 Å². The van der Waals surface area contributed by atoms with Crippen molar-refractivity contribution in [3.05, 3.63) is 71.6 Å². The molecule has 2 heterocycles. The third kappa shape index (κ3) is 4.32. The molecule has 2 aromatic carbocycles. The van der Waals surface area contributed by atoms with E-state index in [2.05, 4.69) is 52.3 Å². The third-order valence-corrected chi connectivity index (χ3v) is 5.81. The zero-order chi connectivity index (χ0) is 19.3. The first-order valence-electron chi connectivity index (χ1n) is 10.1. The molecule has 28 heavy (non-hydrogen) atoms. The molecule has 1 aliphatic rings. The Morgan fingerprint density at radius 2 is 1.75 bits per heavy atom. The summed E-state index contributed by atoms with van der Waals surface area (Å²) in [7, 11) is 0. The number of benzene rings is 2. The number of nitrogens with two attached hydrogens (primary N) is 1. The maximum absolute atomic E-state index is 5.66. The van der Waals surface area contributed by atoms with E-state index in [4.69, 9.17) is 10.3 Å². The fourth-order valence-electron chi connectivity index (χ4n) is 3.96. The first-order valence-corrected chi connectivity index (χ1v) is 10.1. The summed E-state index contributed by atoms with van der Waals surface area (Å²) in [5.41, 5.74) is 9.16. The van der Waals surface area contributed by atoms with Crippen LogP contribution < -0.4 is 5.73 Å². The van der Waals surface area contributed by atoms with Crippen LogP contribution in [0.25, 0.3) is 11.4 Å². The zero-order valence-corrected chi connectivity index (χ0v) is 16.4. The Balaban J connectivity index is 1.35. The molecule has 4 rings (SSSR count). The molecule has 0 radical (unpaired) electrons. The molecule has 146 valence electrons. The number of nitrogens with zero attached hydrogens (tertiary/aromatic N) is 3. The molecule has 0 aliphatic carbocycles. The molecule has 1 aromatic heterocycles. The predicted octanol–water partition coefficient (Wildman–Crippen LogP) is 4.21. The lowest BCUT2D eigenvalue weighted by Gasteiger charge is -2.34. The Morgan fingerprint density at radius 1 is 1.04 bits per heavy atom. The Kier molecular flexibility index (Phi) is 5.84. The minimum atomic E-state index is 0.141. The van der Waals surface area contributed by atoms with Gasteiger partial charge in [-0.25, -0.2) is 0 Å². The molecule has 1 atom stereocenters. The van der Waals surface area contributed by atoms with Crippen molar-refractivity contribution in [2.24, 2.45) is 11.7 Å². The molecular weight excluding hydrogens is 348 g/mol. The molecule has 2 N–H and O–H groups in total. The van der Waals surface area contributed by atoms with E-state index in [-0.39, 0.29) is 6.04 Å². The van der Waals surface area contributed by atoms with E-state index >= 15 is 0 Å². The number of rotatable bonds is 6. The van der Waals surface area contributed by atoms with E-state index in [0.717, 1.165) is 30.1 Å². The van der Waals surface area contributed by atoms with Gasteiger partial charge in [0.1, 0.15) is 0 Å². The highest BCUT2D eigenvalue weighted by atomic mass is 16.5. The Bertz CT molecular complexity index is 867. The summed E-state index contributed by atoms with van der Waals surface area (Å²) in [6.45, 7) is 4.84. The van der Waals surface area contributed by atoms with E-state index in [9.17, 15) is 0 Å². The van der Waals surface area contributed by atoms with Gasteiger partial charge in [-0.3, -0.25) is 4.90 Å². The Labute approximate surface area is 166 Å². The van der Waals surface area contributed by atoms with Crippen LogP contribution in [0.3, 0.4) is 0 Å². The Morgan fingerprint density at radius 3 is 2.43 bits per heavy atom. The quantitative estimate of drug-likeness (QED) is 0.698. The second-order valence-corrected chi connectivity index (χ2v) is 7.70. The Hall–Kier alpha value is -2.50. The normalized spacial score (nSPS) is 16.9. The van der Waals surface area contributed by atoms with Crippen LogP contribution in [0.2, 0.25) is 0 Å². The standard InChI is InChI=1S/C23H28N4O/c1-17(23-25-22(26-28-23)21-9-7-20(16-24)8-10-21)27-13-11-19(12-14-27)15-18-5-3-2-4-6-18/h2-10,17,19H,11-16,24H2,1H3. The maximum Gasteiger partial charge on any atom is 0.244 e. The van der Waals surface area contributed by atoms with E-state index < -0.39 is 0 Å². The minimum Gasteiger partial charge on any atom is -0.337 e. The molecule has 5 heteroatoms. The summed E-state index contributed by atoms with van der Waals surface area (Å²) in [5.74, 6) is 2.09. The van der Waals surface area contributed by atoms with Crippen LogP contribution in [0.4, 0.5) is 0 Å². The first-order chi connectivity index (χ1) is 13.7. The summed E-state index contributed by atoms with van der Waals surface area (Å²) in [5, 5.41) is 4.18.